The van der Waals surface area contributed by atoms with Gasteiger partial charge in [-0.2, -0.15) is 0 Å². The van der Waals surface area contributed by atoms with Crippen molar-refractivity contribution in [2.45, 2.75) is 6.36 Å². The summed E-state index contributed by atoms with van der Waals surface area (Å²) in [6.07, 6.45) is -4.75. The normalized spacial score (nSPS) is 11.2. The smallest absolute Gasteiger partial charge is 0.404 e. The van der Waals surface area contributed by atoms with Gasteiger partial charge in [0, 0.05) is 15.8 Å². The summed E-state index contributed by atoms with van der Waals surface area (Å²) >= 11 is 3.11. The average Bonchev–Trinajstić information content (AvgIpc) is 2.33. The Morgan fingerprint density at radius 1 is 1.05 bits per heavy atom. The molecule has 0 bridgehead atoms. The van der Waals surface area contributed by atoms with Gasteiger partial charge in [-0.1, -0.05) is 15.9 Å². The summed E-state index contributed by atoms with van der Waals surface area (Å²) in [4.78, 5) is 0. The van der Waals surface area contributed by atoms with Crippen molar-refractivity contribution in [2.24, 2.45) is 0 Å². The molecular formula is C13H10BrF3N2O. The Bertz CT molecular complexity index is 600. The van der Waals surface area contributed by atoms with Crippen LogP contribution in [0.5, 0.6) is 5.75 Å². The highest BCUT2D eigenvalue weighted by atomic mass is 79.9. The van der Waals surface area contributed by atoms with Gasteiger partial charge in [-0.05, 0) is 42.5 Å². The SMILES string of the molecule is Nc1ccc(Nc2ccc(Br)cc2OC(F)(F)F)cc1. The van der Waals surface area contributed by atoms with Crippen molar-refractivity contribution in [2.75, 3.05) is 11.1 Å². The first-order chi connectivity index (χ1) is 9.33. The first-order valence-corrected chi connectivity index (χ1v) is 6.31. The minimum absolute atomic E-state index is 0.204. The number of benzene rings is 2. The lowest BCUT2D eigenvalue weighted by atomic mass is 10.2. The van der Waals surface area contributed by atoms with E-state index in [2.05, 4.69) is 26.0 Å². The van der Waals surface area contributed by atoms with Crippen molar-refractivity contribution in [1.82, 2.24) is 0 Å². The summed E-state index contributed by atoms with van der Waals surface area (Å²) in [5, 5.41) is 2.85. The van der Waals surface area contributed by atoms with Crippen LogP contribution in [0.15, 0.2) is 46.9 Å². The quantitative estimate of drug-likeness (QED) is 0.793. The molecule has 2 aromatic carbocycles. The Balaban J connectivity index is 2.28. The zero-order valence-electron chi connectivity index (χ0n) is 10.0. The monoisotopic (exact) mass is 346 g/mol. The molecule has 0 heterocycles. The maximum atomic E-state index is 12.4. The highest BCUT2D eigenvalue weighted by Crippen LogP contribution is 2.34. The van der Waals surface area contributed by atoms with E-state index in [1.165, 1.54) is 12.1 Å². The molecule has 0 saturated heterocycles. The lowest BCUT2D eigenvalue weighted by Crippen LogP contribution is -2.17. The van der Waals surface area contributed by atoms with Gasteiger partial charge in [0.25, 0.3) is 0 Å². The predicted octanol–water partition coefficient (Wildman–Crippen LogP) is 4.67. The van der Waals surface area contributed by atoms with Gasteiger partial charge in [-0.25, -0.2) is 0 Å². The number of hydrogen-bond acceptors (Lipinski definition) is 3. The van der Waals surface area contributed by atoms with Crippen molar-refractivity contribution >= 4 is 33.0 Å². The largest absolute Gasteiger partial charge is 0.573 e. The number of hydrogen-bond donors (Lipinski definition) is 2. The van der Waals surface area contributed by atoms with Crippen molar-refractivity contribution in [3.63, 3.8) is 0 Å². The molecular weight excluding hydrogens is 337 g/mol. The zero-order chi connectivity index (χ0) is 14.8. The summed E-state index contributed by atoms with van der Waals surface area (Å²) in [6, 6.07) is 11.0. The number of alkyl halides is 3. The average molecular weight is 347 g/mol. The molecule has 0 spiro atoms. The second-order valence-electron chi connectivity index (χ2n) is 3.94. The number of halogens is 4. The molecule has 3 N–H and O–H groups in total. The number of nitrogens with two attached hydrogens (primary N) is 1. The van der Waals surface area contributed by atoms with Crippen LogP contribution in [0, 0.1) is 0 Å². The van der Waals surface area contributed by atoms with Gasteiger partial charge in [0.1, 0.15) is 0 Å². The zero-order valence-corrected chi connectivity index (χ0v) is 11.6. The molecule has 7 heteroatoms. The first-order valence-electron chi connectivity index (χ1n) is 5.51. The number of ether oxygens (including phenoxy) is 1. The van der Waals surface area contributed by atoms with Gasteiger partial charge in [0.05, 0.1) is 5.69 Å². The lowest BCUT2D eigenvalue weighted by Gasteiger charge is -2.15. The summed E-state index contributed by atoms with van der Waals surface area (Å²) in [7, 11) is 0. The minimum Gasteiger partial charge on any atom is -0.404 e. The van der Waals surface area contributed by atoms with E-state index >= 15 is 0 Å². The molecule has 0 unspecified atom stereocenters. The Kier molecular flexibility index (Phi) is 4.08. The van der Waals surface area contributed by atoms with Crippen LogP contribution >= 0.6 is 15.9 Å². The fourth-order valence-corrected chi connectivity index (χ4v) is 1.87. The minimum atomic E-state index is -4.75. The maximum Gasteiger partial charge on any atom is 0.573 e. The second-order valence-corrected chi connectivity index (χ2v) is 4.85. The molecule has 0 fully saturated rings. The van der Waals surface area contributed by atoms with Crippen LogP contribution in [0.25, 0.3) is 0 Å². The Labute approximate surface area is 121 Å². The van der Waals surface area contributed by atoms with Crippen LogP contribution in [-0.4, -0.2) is 6.36 Å². The van der Waals surface area contributed by atoms with Crippen LogP contribution in [0.1, 0.15) is 0 Å². The van der Waals surface area contributed by atoms with Gasteiger partial charge in [-0.3, -0.25) is 0 Å². The van der Waals surface area contributed by atoms with Gasteiger partial charge < -0.3 is 15.8 Å². The molecule has 0 aliphatic rings. The molecule has 0 saturated carbocycles. The van der Waals surface area contributed by atoms with Crippen LogP contribution in [0.2, 0.25) is 0 Å². The third kappa shape index (κ3) is 4.06. The number of nitrogens with one attached hydrogen (secondary N) is 1. The molecule has 0 aliphatic carbocycles. The molecule has 2 rings (SSSR count). The van der Waals surface area contributed by atoms with Crippen molar-refractivity contribution in [3.05, 3.63) is 46.9 Å². The fraction of sp³-hybridized carbons (Fsp3) is 0.0769. The van der Waals surface area contributed by atoms with E-state index in [1.807, 2.05) is 0 Å². The molecule has 0 aliphatic heterocycles. The third-order valence-corrected chi connectivity index (χ3v) is 2.85. The summed E-state index contributed by atoms with van der Waals surface area (Å²) in [6.45, 7) is 0. The van der Waals surface area contributed by atoms with Crippen LogP contribution in [0.3, 0.4) is 0 Å². The lowest BCUT2D eigenvalue weighted by molar-refractivity contribution is -0.274. The number of rotatable bonds is 3. The third-order valence-electron chi connectivity index (χ3n) is 2.36. The van der Waals surface area contributed by atoms with Gasteiger partial charge in [0.15, 0.2) is 5.75 Å². The Morgan fingerprint density at radius 2 is 1.70 bits per heavy atom. The molecule has 106 valence electrons. The Hall–Kier alpha value is -1.89. The molecule has 0 aromatic heterocycles. The molecule has 0 atom stereocenters. The van der Waals surface area contributed by atoms with Crippen LogP contribution in [-0.2, 0) is 0 Å². The number of nitrogen functional groups attached to an aromatic ring is 1. The van der Waals surface area contributed by atoms with E-state index in [1.54, 1.807) is 30.3 Å². The topological polar surface area (TPSA) is 47.3 Å². The maximum absolute atomic E-state index is 12.4. The predicted molar refractivity (Wildman–Crippen MR) is 75.0 cm³/mol. The molecule has 3 nitrogen and oxygen atoms in total. The Morgan fingerprint density at radius 3 is 2.30 bits per heavy atom. The van der Waals surface area contributed by atoms with Gasteiger partial charge >= 0.3 is 6.36 Å². The first kappa shape index (κ1) is 14.5. The highest BCUT2D eigenvalue weighted by molar-refractivity contribution is 9.10. The van der Waals surface area contributed by atoms with E-state index < -0.39 is 6.36 Å². The standard InChI is InChI=1S/C13H10BrF3N2O/c14-8-1-6-11(12(7-8)20-13(15,16)17)19-10-4-2-9(18)3-5-10/h1-7,19H,18H2. The van der Waals surface area contributed by atoms with Crippen LogP contribution in [0.4, 0.5) is 30.2 Å². The summed E-state index contributed by atoms with van der Waals surface area (Å²) in [5.74, 6) is -0.316. The molecule has 0 amide bonds. The van der Waals surface area contributed by atoms with E-state index in [0.717, 1.165) is 0 Å². The molecule has 0 radical (unpaired) electrons. The summed E-state index contributed by atoms with van der Waals surface area (Å²) in [5.41, 5.74) is 6.92. The van der Waals surface area contributed by atoms with E-state index in [0.29, 0.717) is 15.8 Å². The van der Waals surface area contributed by atoms with Crippen molar-refractivity contribution in [3.8, 4) is 5.75 Å². The van der Waals surface area contributed by atoms with Crippen molar-refractivity contribution < 1.29 is 17.9 Å². The second kappa shape index (κ2) is 5.62. The molecule has 2 aromatic rings. The molecule has 20 heavy (non-hydrogen) atoms. The van der Waals surface area contributed by atoms with Crippen LogP contribution < -0.4 is 15.8 Å². The van der Waals surface area contributed by atoms with E-state index in [-0.39, 0.29) is 11.4 Å². The van der Waals surface area contributed by atoms with Gasteiger partial charge in [0.2, 0.25) is 0 Å². The highest BCUT2D eigenvalue weighted by Gasteiger charge is 2.32. The fourth-order valence-electron chi connectivity index (χ4n) is 1.53. The van der Waals surface area contributed by atoms with Crippen molar-refractivity contribution in [1.29, 1.82) is 0 Å². The van der Waals surface area contributed by atoms with E-state index in [4.69, 9.17) is 5.73 Å². The summed E-state index contributed by atoms with van der Waals surface area (Å²) < 4.78 is 41.6. The van der Waals surface area contributed by atoms with E-state index in [9.17, 15) is 13.2 Å². The van der Waals surface area contributed by atoms with Gasteiger partial charge in [-0.15, -0.1) is 13.2 Å². The number of anilines is 3.